The van der Waals surface area contributed by atoms with Gasteiger partial charge in [-0.25, -0.2) is 9.37 Å². The molecule has 2 aromatic carbocycles. The number of rotatable bonds is 8. The zero-order valence-electron chi connectivity index (χ0n) is 17.5. The van der Waals surface area contributed by atoms with E-state index in [9.17, 15) is 14.0 Å². The number of hydrogen-bond donors (Lipinski definition) is 2. The molecule has 170 valence electrons. The number of hydrogen-bond acceptors (Lipinski definition) is 7. The number of benzene rings is 2. The third kappa shape index (κ3) is 5.12. The summed E-state index contributed by atoms with van der Waals surface area (Å²) < 4.78 is 36.0. The first-order valence-electron chi connectivity index (χ1n) is 9.96. The zero-order chi connectivity index (χ0) is 23.4. The Morgan fingerprint density at radius 2 is 1.94 bits per heavy atom. The van der Waals surface area contributed by atoms with Crippen LogP contribution in [0.25, 0.3) is 0 Å². The van der Waals surface area contributed by atoms with Crippen molar-refractivity contribution in [2.75, 3.05) is 6.79 Å². The summed E-state index contributed by atoms with van der Waals surface area (Å²) in [7, 11) is 0. The smallest absolute Gasteiger partial charge is 0.258 e. The molecule has 0 saturated heterocycles. The maximum atomic E-state index is 14.4. The molecule has 4 rings (SSSR count). The van der Waals surface area contributed by atoms with E-state index in [1.165, 1.54) is 25.3 Å². The molecule has 1 atom stereocenters. The zero-order valence-corrected chi connectivity index (χ0v) is 17.5. The number of halogens is 1. The summed E-state index contributed by atoms with van der Waals surface area (Å²) in [5.41, 5.74) is 5.54. The molecule has 1 aromatic heterocycles. The number of pyridine rings is 1. The van der Waals surface area contributed by atoms with Crippen molar-refractivity contribution < 1.29 is 32.9 Å². The second-order valence-electron chi connectivity index (χ2n) is 7.07. The number of carbonyl (C=O) groups excluding carboxylic acids is 2. The van der Waals surface area contributed by atoms with Gasteiger partial charge in [-0.15, -0.1) is 0 Å². The van der Waals surface area contributed by atoms with Crippen molar-refractivity contribution in [2.45, 2.75) is 19.6 Å². The Labute approximate surface area is 188 Å². The average Bonchev–Trinajstić information content (AvgIpc) is 3.26. The number of carbonyl (C=O) groups is 2. The van der Waals surface area contributed by atoms with Crippen molar-refractivity contribution in [2.24, 2.45) is 5.73 Å². The van der Waals surface area contributed by atoms with E-state index in [-0.39, 0.29) is 36.1 Å². The molecule has 0 radical (unpaired) electrons. The highest BCUT2D eigenvalue weighted by atomic mass is 19.1. The molecule has 0 saturated carbocycles. The second-order valence-corrected chi connectivity index (χ2v) is 7.07. The fourth-order valence-corrected chi connectivity index (χ4v) is 2.97. The Morgan fingerprint density at radius 3 is 2.73 bits per heavy atom. The number of fused-ring (bicyclic) bond motifs is 1. The summed E-state index contributed by atoms with van der Waals surface area (Å²) in [5, 5.41) is 2.64. The highest BCUT2D eigenvalue weighted by Crippen LogP contribution is 2.36. The number of ether oxygens (including phenoxy) is 4. The molecule has 1 unspecified atom stereocenters. The Kier molecular flexibility index (Phi) is 6.25. The van der Waals surface area contributed by atoms with Crippen LogP contribution in [0.2, 0.25) is 0 Å². The first-order chi connectivity index (χ1) is 15.9. The van der Waals surface area contributed by atoms with Gasteiger partial charge in [0, 0.05) is 30.4 Å². The lowest BCUT2D eigenvalue weighted by molar-refractivity contribution is -0.123. The molecule has 0 spiro atoms. The standard InChI is InChI=1S/C23H20FN3O6/c1-13(21(25)28)32-15-5-4-14(18(24)9-15)11-27-22(29)17-3-2-8-26-23(17)33-16-6-7-19-20(10-16)31-12-30-19/h2-10,13H,11-12H2,1H3,(H2,25,28)(H,27,29). The van der Waals surface area contributed by atoms with Crippen LogP contribution in [0.4, 0.5) is 4.39 Å². The first kappa shape index (κ1) is 21.9. The Balaban J connectivity index is 1.43. The molecular weight excluding hydrogens is 433 g/mol. The number of nitrogens with zero attached hydrogens (tertiary/aromatic N) is 1. The van der Waals surface area contributed by atoms with E-state index in [1.807, 2.05) is 0 Å². The minimum Gasteiger partial charge on any atom is -0.481 e. The molecule has 3 N–H and O–H groups in total. The van der Waals surface area contributed by atoms with Crippen molar-refractivity contribution in [3.63, 3.8) is 0 Å². The summed E-state index contributed by atoms with van der Waals surface area (Å²) in [4.78, 5) is 28.0. The lowest BCUT2D eigenvalue weighted by Gasteiger charge is -2.13. The van der Waals surface area contributed by atoms with Gasteiger partial charge in [-0.3, -0.25) is 9.59 Å². The van der Waals surface area contributed by atoms with Gasteiger partial charge in [0.05, 0.1) is 0 Å². The lowest BCUT2D eigenvalue weighted by Crippen LogP contribution is -2.30. The molecule has 0 aliphatic carbocycles. The minimum absolute atomic E-state index is 0.0820. The van der Waals surface area contributed by atoms with E-state index in [0.717, 1.165) is 6.07 Å². The maximum Gasteiger partial charge on any atom is 0.258 e. The fourth-order valence-electron chi connectivity index (χ4n) is 2.97. The van der Waals surface area contributed by atoms with Gasteiger partial charge in [-0.05, 0) is 37.3 Å². The SMILES string of the molecule is CC(Oc1ccc(CNC(=O)c2cccnc2Oc2ccc3c(c2)OCO3)c(F)c1)C(N)=O. The van der Waals surface area contributed by atoms with Gasteiger partial charge < -0.3 is 30.0 Å². The fraction of sp³-hybridized carbons (Fsp3) is 0.174. The quantitative estimate of drug-likeness (QED) is 0.538. The molecule has 9 nitrogen and oxygen atoms in total. The number of nitrogens with two attached hydrogens (primary N) is 1. The number of primary amides is 1. The summed E-state index contributed by atoms with van der Waals surface area (Å²) in [6.45, 7) is 1.50. The van der Waals surface area contributed by atoms with Gasteiger partial charge in [-0.2, -0.15) is 0 Å². The van der Waals surface area contributed by atoms with E-state index in [0.29, 0.717) is 17.2 Å². The van der Waals surface area contributed by atoms with Crippen molar-refractivity contribution in [1.29, 1.82) is 0 Å². The molecule has 3 aromatic rings. The summed E-state index contributed by atoms with van der Waals surface area (Å²) >= 11 is 0. The summed E-state index contributed by atoms with van der Waals surface area (Å²) in [5.74, 6) is 0.0136. The van der Waals surface area contributed by atoms with Crippen LogP contribution >= 0.6 is 0 Å². The lowest BCUT2D eigenvalue weighted by atomic mass is 10.2. The van der Waals surface area contributed by atoms with Crippen LogP contribution < -0.4 is 30.0 Å². The average molecular weight is 453 g/mol. The molecule has 2 amide bonds. The van der Waals surface area contributed by atoms with Gasteiger partial charge in [-0.1, -0.05) is 6.07 Å². The molecule has 0 fully saturated rings. The molecular formula is C23H20FN3O6. The van der Waals surface area contributed by atoms with E-state index < -0.39 is 23.7 Å². The molecule has 33 heavy (non-hydrogen) atoms. The van der Waals surface area contributed by atoms with E-state index in [1.54, 1.807) is 30.3 Å². The predicted molar refractivity (Wildman–Crippen MR) is 114 cm³/mol. The van der Waals surface area contributed by atoms with Gasteiger partial charge in [0.25, 0.3) is 11.8 Å². The van der Waals surface area contributed by atoms with Gasteiger partial charge in [0.1, 0.15) is 22.9 Å². The molecule has 1 aliphatic rings. The normalized spacial score (nSPS) is 12.7. The van der Waals surface area contributed by atoms with Crippen molar-refractivity contribution in [1.82, 2.24) is 10.3 Å². The number of amides is 2. The van der Waals surface area contributed by atoms with Crippen molar-refractivity contribution >= 4 is 11.8 Å². The summed E-state index contributed by atoms with van der Waals surface area (Å²) in [6.07, 6.45) is 0.591. The van der Waals surface area contributed by atoms with Crippen LogP contribution in [0.3, 0.4) is 0 Å². The molecule has 10 heteroatoms. The molecule has 2 heterocycles. The van der Waals surface area contributed by atoms with Crippen LogP contribution in [0, 0.1) is 5.82 Å². The Hall–Kier alpha value is -4.34. The minimum atomic E-state index is -0.899. The first-order valence-corrected chi connectivity index (χ1v) is 9.96. The Bertz CT molecular complexity index is 1200. The Morgan fingerprint density at radius 1 is 1.15 bits per heavy atom. The number of nitrogens with one attached hydrogen (secondary N) is 1. The van der Waals surface area contributed by atoms with E-state index in [2.05, 4.69) is 10.3 Å². The van der Waals surface area contributed by atoms with Crippen LogP contribution in [-0.4, -0.2) is 29.7 Å². The highest BCUT2D eigenvalue weighted by molar-refractivity contribution is 5.96. The van der Waals surface area contributed by atoms with Crippen LogP contribution in [0.5, 0.6) is 28.9 Å². The van der Waals surface area contributed by atoms with Gasteiger partial charge in [0.2, 0.25) is 12.7 Å². The van der Waals surface area contributed by atoms with Crippen LogP contribution in [0.15, 0.2) is 54.7 Å². The molecule has 1 aliphatic heterocycles. The topological polar surface area (TPSA) is 122 Å². The summed E-state index contributed by atoms with van der Waals surface area (Å²) in [6, 6.07) is 12.2. The van der Waals surface area contributed by atoms with E-state index >= 15 is 0 Å². The predicted octanol–water partition coefficient (Wildman–Crippen LogP) is 2.92. The largest absolute Gasteiger partial charge is 0.481 e. The van der Waals surface area contributed by atoms with Crippen molar-refractivity contribution in [3.05, 3.63) is 71.7 Å². The van der Waals surface area contributed by atoms with Crippen LogP contribution in [-0.2, 0) is 11.3 Å². The van der Waals surface area contributed by atoms with Gasteiger partial charge >= 0.3 is 0 Å². The van der Waals surface area contributed by atoms with Gasteiger partial charge in [0.15, 0.2) is 17.6 Å². The highest BCUT2D eigenvalue weighted by Gasteiger charge is 2.18. The molecule has 0 bridgehead atoms. The van der Waals surface area contributed by atoms with Crippen LogP contribution in [0.1, 0.15) is 22.8 Å². The monoisotopic (exact) mass is 453 g/mol. The van der Waals surface area contributed by atoms with E-state index in [4.69, 9.17) is 24.7 Å². The third-order valence-electron chi connectivity index (χ3n) is 4.75. The number of aromatic nitrogens is 1. The third-order valence-corrected chi connectivity index (χ3v) is 4.75. The second kappa shape index (κ2) is 9.43. The maximum absolute atomic E-state index is 14.4. The van der Waals surface area contributed by atoms with Crippen molar-refractivity contribution in [3.8, 4) is 28.9 Å².